The average Bonchev–Trinajstić information content (AvgIpc) is 3.15. The molecule has 164 valence electrons. The molecule has 6 nitrogen and oxygen atoms in total. The molecule has 0 saturated heterocycles. The van der Waals surface area contributed by atoms with Crippen LogP contribution in [0.1, 0.15) is 29.8 Å². The molecule has 0 bridgehead atoms. The summed E-state index contributed by atoms with van der Waals surface area (Å²) < 4.78 is 29.0. The Kier molecular flexibility index (Phi) is 6.25. The van der Waals surface area contributed by atoms with Crippen molar-refractivity contribution in [1.82, 2.24) is 4.98 Å². The molecular formula is C24H23N3O3S2. The predicted octanol–water partition coefficient (Wildman–Crippen LogP) is 5.55. The van der Waals surface area contributed by atoms with Crippen LogP contribution in [-0.4, -0.2) is 19.3 Å². The summed E-state index contributed by atoms with van der Waals surface area (Å²) in [5.41, 5.74) is 2.66. The molecule has 0 aliphatic heterocycles. The summed E-state index contributed by atoms with van der Waals surface area (Å²) in [6.07, 6.45) is 0.900. The number of hydrogen-bond donors (Lipinski definition) is 2. The van der Waals surface area contributed by atoms with E-state index in [0.29, 0.717) is 27.8 Å². The van der Waals surface area contributed by atoms with Gasteiger partial charge in [-0.3, -0.25) is 14.8 Å². The second-order valence-electron chi connectivity index (χ2n) is 7.87. The number of amides is 1. The summed E-state index contributed by atoms with van der Waals surface area (Å²) in [7, 11) is -3.72. The van der Waals surface area contributed by atoms with Gasteiger partial charge in [0.1, 0.15) is 0 Å². The average molecular weight is 466 g/mol. The molecule has 32 heavy (non-hydrogen) atoms. The van der Waals surface area contributed by atoms with Gasteiger partial charge in [0.05, 0.1) is 20.8 Å². The third-order valence-corrected chi connectivity index (χ3v) is 7.12. The summed E-state index contributed by atoms with van der Waals surface area (Å²) in [5.74, 6) is 0.259. The number of aromatic nitrogens is 1. The van der Waals surface area contributed by atoms with Crippen molar-refractivity contribution in [2.75, 3.05) is 10.0 Å². The van der Waals surface area contributed by atoms with Crippen LogP contribution in [0, 0.1) is 5.92 Å². The van der Waals surface area contributed by atoms with Crippen molar-refractivity contribution in [3.8, 4) is 0 Å². The van der Waals surface area contributed by atoms with Crippen molar-refractivity contribution >= 4 is 48.3 Å². The van der Waals surface area contributed by atoms with Crippen LogP contribution in [0.4, 0.5) is 10.8 Å². The maximum absolute atomic E-state index is 12.8. The molecule has 8 heteroatoms. The Bertz CT molecular complexity index is 1350. The van der Waals surface area contributed by atoms with Crippen molar-refractivity contribution in [2.24, 2.45) is 5.92 Å². The van der Waals surface area contributed by atoms with Gasteiger partial charge in [-0.05, 0) is 60.4 Å². The molecule has 1 amide bonds. The Labute approximate surface area is 191 Å². The lowest BCUT2D eigenvalue weighted by molar-refractivity contribution is 0.102. The Morgan fingerprint density at radius 2 is 1.72 bits per heavy atom. The number of anilines is 2. The summed E-state index contributed by atoms with van der Waals surface area (Å²) in [6, 6.07) is 21.0. The van der Waals surface area contributed by atoms with E-state index in [4.69, 9.17) is 0 Å². The molecule has 0 atom stereocenters. The first-order chi connectivity index (χ1) is 15.3. The molecule has 0 radical (unpaired) electrons. The lowest BCUT2D eigenvalue weighted by Gasteiger charge is -2.09. The number of rotatable bonds is 7. The van der Waals surface area contributed by atoms with Crippen molar-refractivity contribution < 1.29 is 13.2 Å². The third-order valence-electron chi connectivity index (χ3n) is 4.77. The van der Waals surface area contributed by atoms with Crippen LogP contribution in [0.15, 0.2) is 77.7 Å². The predicted molar refractivity (Wildman–Crippen MR) is 130 cm³/mol. The molecule has 0 unspecified atom stereocenters. The van der Waals surface area contributed by atoms with Gasteiger partial charge in [0.15, 0.2) is 5.13 Å². The number of benzene rings is 3. The van der Waals surface area contributed by atoms with Crippen molar-refractivity contribution in [1.29, 1.82) is 0 Å². The highest BCUT2D eigenvalue weighted by atomic mass is 32.2. The molecule has 1 aromatic heterocycles. The van der Waals surface area contributed by atoms with Gasteiger partial charge in [0.25, 0.3) is 15.9 Å². The molecule has 0 aliphatic carbocycles. The first kappa shape index (κ1) is 22.0. The second-order valence-corrected chi connectivity index (χ2v) is 10.6. The Balaban J connectivity index is 1.50. The van der Waals surface area contributed by atoms with Crippen LogP contribution in [0.25, 0.3) is 10.2 Å². The number of carbonyl (C=O) groups excluding carboxylic acids is 1. The van der Waals surface area contributed by atoms with Crippen molar-refractivity contribution in [3.63, 3.8) is 0 Å². The smallest absolute Gasteiger partial charge is 0.261 e. The van der Waals surface area contributed by atoms with E-state index in [1.165, 1.54) is 11.3 Å². The highest BCUT2D eigenvalue weighted by Crippen LogP contribution is 2.29. The van der Waals surface area contributed by atoms with Crippen LogP contribution < -0.4 is 10.0 Å². The highest BCUT2D eigenvalue weighted by Gasteiger charge is 2.16. The number of sulfonamides is 1. The highest BCUT2D eigenvalue weighted by molar-refractivity contribution is 7.92. The fraction of sp³-hybridized carbons (Fsp3) is 0.167. The largest absolute Gasteiger partial charge is 0.298 e. The minimum Gasteiger partial charge on any atom is -0.298 e. The third kappa shape index (κ3) is 5.15. The van der Waals surface area contributed by atoms with Crippen LogP contribution in [0.2, 0.25) is 0 Å². The first-order valence-electron chi connectivity index (χ1n) is 10.2. The number of thiazole rings is 1. The number of fused-ring (bicyclic) bond motifs is 1. The maximum Gasteiger partial charge on any atom is 0.261 e. The molecule has 4 aromatic rings. The fourth-order valence-corrected chi connectivity index (χ4v) is 5.18. The molecule has 4 rings (SSSR count). The molecule has 1 heterocycles. The normalized spacial score (nSPS) is 11.6. The summed E-state index contributed by atoms with van der Waals surface area (Å²) in [4.78, 5) is 17.0. The minimum absolute atomic E-state index is 0.208. The van der Waals surface area contributed by atoms with E-state index in [1.54, 1.807) is 54.6 Å². The fourth-order valence-electron chi connectivity index (χ4n) is 3.29. The zero-order valence-corrected chi connectivity index (χ0v) is 19.3. The molecule has 0 aliphatic rings. The van der Waals surface area contributed by atoms with E-state index in [9.17, 15) is 13.2 Å². The van der Waals surface area contributed by atoms with Gasteiger partial charge in [0, 0.05) is 5.56 Å². The number of hydrogen-bond acceptors (Lipinski definition) is 5. The molecular weight excluding hydrogens is 442 g/mol. The quantitative estimate of drug-likeness (QED) is 0.375. The molecule has 0 saturated carbocycles. The second kappa shape index (κ2) is 9.10. The number of carbonyl (C=O) groups is 1. The van der Waals surface area contributed by atoms with Crippen LogP contribution >= 0.6 is 11.3 Å². The summed E-state index contributed by atoms with van der Waals surface area (Å²) >= 11 is 1.33. The first-order valence-corrected chi connectivity index (χ1v) is 12.5. The number of nitrogens with zero attached hydrogens (tertiary/aromatic N) is 1. The van der Waals surface area contributed by atoms with Crippen LogP contribution in [0.5, 0.6) is 0 Å². The maximum atomic E-state index is 12.8. The molecule has 0 fully saturated rings. The van der Waals surface area contributed by atoms with E-state index in [1.807, 2.05) is 18.2 Å². The van der Waals surface area contributed by atoms with E-state index >= 15 is 0 Å². The summed E-state index contributed by atoms with van der Waals surface area (Å²) in [6.45, 7) is 4.25. The van der Waals surface area contributed by atoms with Crippen LogP contribution in [-0.2, 0) is 16.4 Å². The van der Waals surface area contributed by atoms with E-state index in [-0.39, 0.29) is 10.8 Å². The van der Waals surface area contributed by atoms with Gasteiger partial charge in [-0.15, -0.1) is 0 Å². The minimum atomic E-state index is -3.72. The molecule has 0 spiro atoms. The van der Waals surface area contributed by atoms with Crippen LogP contribution in [0.3, 0.4) is 0 Å². The Morgan fingerprint density at radius 3 is 2.41 bits per heavy atom. The van der Waals surface area contributed by atoms with Gasteiger partial charge in [-0.1, -0.05) is 55.5 Å². The Hall–Kier alpha value is -3.23. The van der Waals surface area contributed by atoms with Gasteiger partial charge in [0.2, 0.25) is 0 Å². The monoisotopic (exact) mass is 465 g/mol. The standard InChI is InChI=1S/C24H23N3O3S2/c1-16(2)14-17-8-11-20(12-9-17)32(29,30)27-19-10-13-22-21(15-19)25-24(31-22)26-23(28)18-6-4-3-5-7-18/h3-13,15-16,27H,14H2,1-2H3,(H,25,26,28). The van der Waals surface area contributed by atoms with Gasteiger partial charge < -0.3 is 0 Å². The molecule has 3 aromatic carbocycles. The van der Waals surface area contributed by atoms with Gasteiger partial charge in [-0.25, -0.2) is 13.4 Å². The summed E-state index contributed by atoms with van der Waals surface area (Å²) in [5, 5.41) is 3.24. The van der Waals surface area contributed by atoms with Crippen molar-refractivity contribution in [2.45, 2.75) is 25.2 Å². The van der Waals surface area contributed by atoms with Gasteiger partial charge in [-0.2, -0.15) is 0 Å². The van der Waals surface area contributed by atoms with Crippen molar-refractivity contribution in [3.05, 3.63) is 83.9 Å². The zero-order valence-electron chi connectivity index (χ0n) is 17.7. The molecule has 2 N–H and O–H groups in total. The zero-order chi connectivity index (χ0) is 22.7. The number of nitrogens with one attached hydrogen (secondary N) is 2. The lowest BCUT2D eigenvalue weighted by atomic mass is 10.0. The van der Waals surface area contributed by atoms with Gasteiger partial charge >= 0.3 is 0 Å². The lowest BCUT2D eigenvalue weighted by Crippen LogP contribution is -2.13. The SMILES string of the molecule is CC(C)Cc1ccc(S(=O)(=O)Nc2ccc3sc(NC(=O)c4ccccc4)nc3c2)cc1. The Morgan fingerprint density at radius 1 is 1.00 bits per heavy atom. The van der Waals surface area contributed by atoms with E-state index < -0.39 is 10.0 Å². The topological polar surface area (TPSA) is 88.2 Å². The van der Waals surface area contributed by atoms with E-state index in [2.05, 4.69) is 28.9 Å². The van der Waals surface area contributed by atoms with E-state index in [0.717, 1.165) is 16.7 Å².